The highest BCUT2D eigenvalue weighted by Crippen LogP contribution is 2.34. The van der Waals surface area contributed by atoms with Crippen molar-refractivity contribution < 1.29 is 35.0 Å². The number of amides is 1. The van der Waals surface area contributed by atoms with Gasteiger partial charge in [-0.15, -0.1) is 0 Å². The molecule has 29 heavy (non-hydrogen) atoms. The minimum Gasteiger partial charge on any atom is -0.459 e. The number of hydrogen-bond donors (Lipinski definition) is 1. The van der Waals surface area contributed by atoms with Gasteiger partial charge in [0, 0.05) is 5.69 Å². The second-order valence-electron chi connectivity index (χ2n) is 5.64. The first-order chi connectivity index (χ1) is 13.6. The van der Waals surface area contributed by atoms with Gasteiger partial charge >= 0.3 is 16.3 Å². The van der Waals surface area contributed by atoms with E-state index in [-0.39, 0.29) is 11.5 Å². The van der Waals surface area contributed by atoms with Crippen molar-refractivity contribution in [3.05, 3.63) is 77.2 Å². The molecule has 0 fully saturated rings. The fraction of sp³-hybridized carbons (Fsp3) is 0.0556. The zero-order valence-electron chi connectivity index (χ0n) is 14.2. The van der Waals surface area contributed by atoms with Gasteiger partial charge in [-0.1, -0.05) is 11.6 Å². The fourth-order valence-electron chi connectivity index (χ4n) is 2.24. The van der Waals surface area contributed by atoms with E-state index in [4.69, 9.17) is 20.2 Å². The summed E-state index contributed by atoms with van der Waals surface area (Å²) in [5.41, 5.74) is -0.867. The molecule has 0 aliphatic carbocycles. The number of anilines is 1. The second-order valence-corrected chi connectivity index (χ2v) is 7.56. The van der Waals surface area contributed by atoms with Crippen LogP contribution in [0.2, 0.25) is 5.02 Å². The number of rotatable bonds is 5. The van der Waals surface area contributed by atoms with Gasteiger partial charge < -0.3 is 13.9 Å². The van der Waals surface area contributed by atoms with Crippen molar-refractivity contribution in [2.45, 2.75) is 11.1 Å². The topological polar surface area (TPSA) is 85.6 Å². The van der Waals surface area contributed by atoms with Gasteiger partial charge in [-0.25, -0.2) is 0 Å². The summed E-state index contributed by atoms with van der Waals surface area (Å²) >= 11 is 5.75. The van der Waals surface area contributed by atoms with Gasteiger partial charge in [-0.2, -0.15) is 21.6 Å². The number of halogens is 4. The molecule has 1 heterocycles. The van der Waals surface area contributed by atoms with Crippen molar-refractivity contribution in [3.8, 4) is 5.75 Å². The van der Waals surface area contributed by atoms with Crippen molar-refractivity contribution >= 4 is 33.3 Å². The standard InChI is InChI=1S/C18H11ClF3NO5S/c19-14-8-3-11(18(20,21)22)10-16(14)29(25,26)28-13-6-4-12(5-7-13)23-17(24)15-2-1-9-27-15/h1-10H,(H,23,24). The van der Waals surface area contributed by atoms with Gasteiger partial charge in [0.05, 0.1) is 16.8 Å². The fourth-order valence-corrected chi connectivity index (χ4v) is 3.67. The third-order valence-corrected chi connectivity index (χ3v) is 5.32. The van der Waals surface area contributed by atoms with E-state index in [1.807, 2.05) is 0 Å². The molecule has 3 rings (SSSR count). The molecule has 1 aromatic heterocycles. The average molecular weight is 446 g/mol. The summed E-state index contributed by atoms with van der Waals surface area (Å²) < 4.78 is 73.1. The predicted octanol–water partition coefficient (Wildman–Crippen LogP) is 4.97. The third kappa shape index (κ3) is 4.90. The highest BCUT2D eigenvalue weighted by Gasteiger charge is 2.33. The van der Waals surface area contributed by atoms with Crippen LogP contribution in [0.3, 0.4) is 0 Å². The maximum Gasteiger partial charge on any atom is 0.416 e. The van der Waals surface area contributed by atoms with Crippen LogP contribution in [0.4, 0.5) is 18.9 Å². The van der Waals surface area contributed by atoms with Crippen LogP contribution in [0, 0.1) is 0 Å². The molecule has 2 aromatic carbocycles. The third-order valence-electron chi connectivity index (χ3n) is 3.59. The number of benzene rings is 2. The van der Waals surface area contributed by atoms with E-state index >= 15 is 0 Å². The van der Waals surface area contributed by atoms with Crippen LogP contribution < -0.4 is 9.50 Å². The Hall–Kier alpha value is -2.98. The Morgan fingerprint density at radius 2 is 1.76 bits per heavy atom. The molecule has 0 spiro atoms. The van der Waals surface area contributed by atoms with E-state index in [9.17, 15) is 26.4 Å². The minimum atomic E-state index is -4.75. The maximum atomic E-state index is 12.8. The highest BCUT2D eigenvalue weighted by molar-refractivity contribution is 7.87. The molecular weight excluding hydrogens is 435 g/mol. The lowest BCUT2D eigenvalue weighted by molar-refractivity contribution is -0.137. The average Bonchev–Trinajstić information content (AvgIpc) is 3.17. The summed E-state index contributed by atoms with van der Waals surface area (Å²) in [4.78, 5) is 11.1. The van der Waals surface area contributed by atoms with Crippen molar-refractivity contribution in [2.75, 3.05) is 5.32 Å². The molecule has 0 aliphatic rings. The number of nitrogens with one attached hydrogen (secondary N) is 1. The van der Waals surface area contributed by atoms with Gasteiger partial charge in [0.1, 0.15) is 10.6 Å². The Kier molecular flexibility index (Phi) is 5.58. The molecule has 3 aromatic rings. The molecule has 6 nitrogen and oxygen atoms in total. The van der Waals surface area contributed by atoms with E-state index in [0.717, 1.165) is 6.07 Å². The summed E-state index contributed by atoms with van der Waals surface area (Å²) in [5, 5.41) is 2.10. The summed E-state index contributed by atoms with van der Waals surface area (Å²) in [5.74, 6) is -0.631. The summed E-state index contributed by atoms with van der Waals surface area (Å²) in [7, 11) is -4.63. The predicted molar refractivity (Wildman–Crippen MR) is 97.4 cm³/mol. The quantitative estimate of drug-likeness (QED) is 0.560. The van der Waals surface area contributed by atoms with E-state index in [1.54, 1.807) is 0 Å². The summed E-state index contributed by atoms with van der Waals surface area (Å²) in [6.07, 6.45) is -3.42. The number of carbonyl (C=O) groups excluding carboxylic acids is 1. The van der Waals surface area contributed by atoms with Gasteiger partial charge in [0.25, 0.3) is 5.91 Å². The molecule has 11 heteroatoms. The lowest BCUT2D eigenvalue weighted by Crippen LogP contribution is -2.13. The normalized spacial score (nSPS) is 11.9. The zero-order chi connectivity index (χ0) is 21.2. The Balaban J connectivity index is 1.78. The first kappa shape index (κ1) is 20.7. The van der Waals surface area contributed by atoms with Crippen LogP contribution in [0.15, 0.2) is 70.2 Å². The van der Waals surface area contributed by atoms with E-state index in [2.05, 4.69) is 5.32 Å². The molecule has 0 aliphatic heterocycles. The minimum absolute atomic E-state index is 0.0760. The number of furan rings is 1. The van der Waals surface area contributed by atoms with Gasteiger partial charge in [0.15, 0.2) is 5.76 Å². The zero-order valence-corrected chi connectivity index (χ0v) is 15.8. The molecule has 0 saturated heterocycles. The molecule has 1 N–H and O–H groups in total. The Morgan fingerprint density at radius 3 is 2.34 bits per heavy atom. The molecule has 0 saturated carbocycles. The highest BCUT2D eigenvalue weighted by atomic mass is 35.5. The van der Waals surface area contributed by atoms with Crippen molar-refractivity contribution in [2.24, 2.45) is 0 Å². The van der Waals surface area contributed by atoms with Crippen LogP contribution >= 0.6 is 11.6 Å². The van der Waals surface area contributed by atoms with E-state index in [1.165, 1.54) is 42.7 Å². The Labute approximate surface area is 168 Å². The van der Waals surface area contributed by atoms with Crippen molar-refractivity contribution in [3.63, 3.8) is 0 Å². The first-order valence-electron chi connectivity index (χ1n) is 7.82. The Bertz CT molecular complexity index is 1130. The van der Waals surface area contributed by atoms with Crippen LogP contribution in [0.5, 0.6) is 5.75 Å². The molecule has 1 amide bonds. The molecule has 152 valence electrons. The molecular formula is C18H11ClF3NO5S. The van der Waals surface area contributed by atoms with Crippen LogP contribution in [-0.2, 0) is 16.3 Å². The summed E-state index contributed by atoms with van der Waals surface area (Å²) in [6, 6.07) is 10.0. The van der Waals surface area contributed by atoms with Crippen LogP contribution in [0.25, 0.3) is 0 Å². The molecule has 0 radical (unpaired) electrons. The maximum absolute atomic E-state index is 12.8. The van der Waals surface area contributed by atoms with Crippen LogP contribution in [-0.4, -0.2) is 14.3 Å². The lowest BCUT2D eigenvalue weighted by Gasteiger charge is -2.12. The number of alkyl halides is 3. The molecule has 0 unspecified atom stereocenters. The van der Waals surface area contributed by atoms with E-state index in [0.29, 0.717) is 17.8 Å². The van der Waals surface area contributed by atoms with Crippen molar-refractivity contribution in [1.29, 1.82) is 0 Å². The smallest absolute Gasteiger partial charge is 0.416 e. The van der Waals surface area contributed by atoms with Gasteiger partial charge in [0.2, 0.25) is 0 Å². The summed E-state index contributed by atoms with van der Waals surface area (Å²) in [6.45, 7) is 0. The monoisotopic (exact) mass is 445 g/mol. The van der Waals surface area contributed by atoms with Crippen LogP contribution in [0.1, 0.15) is 16.1 Å². The van der Waals surface area contributed by atoms with Crippen molar-refractivity contribution in [1.82, 2.24) is 0 Å². The van der Waals surface area contributed by atoms with Gasteiger partial charge in [-0.05, 0) is 54.6 Å². The molecule has 0 atom stereocenters. The largest absolute Gasteiger partial charge is 0.459 e. The second kappa shape index (κ2) is 7.80. The number of carbonyl (C=O) groups is 1. The van der Waals surface area contributed by atoms with Gasteiger partial charge in [-0.3, -0.25) is 4.79 Å². The van der Waals surface area contributed by atoms with E-state index < -0.39 is 37.7 Å². The SMILES string of the molecule is O=C(Nc1ccc(OS(=O)(=O)c2cc(C(F)(F)F)ccc2Cl)cc1)c1ccco1. The number of hydrogen-bond acceptors (Lipinski definition) is 5. The molecule has 0 bridgehead atoms. The lowest BCUT2D eigenvalue weighted by atomic mass is 10.2. The first-order valence-corrected chi connectivity index (χ1v) is 9.61. The Morgan fingerprint density at radius 1 is 1.07 bits per heavy atom.